The van der Waals surface area contributed by atoms with Crippen LogP contribution < -0.4 is 4.74 Å². The summed E-state index contributed by atoms with van der Waals surface area (Å²) in [5.74, 6) is 0.832. The van der Waals surface area contributed by atoms with Gasteiger partial charge in [-0.1, -0.05) is 6.07 Å². The predicted molar refractivity (Wildman–Crippen MR) is 68.9 cm³/mol. The van der Waals surface area contributed by atoms with Gasteiger partial charge in [-0.15, -0.1) is 0 Å². The van der Waals surface area contributed by atoms with Gasteiger partial charge in [0.2, 0.25) is 0 Å². The fraction of sp³-hybridized carbons (Fsp3) is 0.500. The van der Waals surface area contributed by atoms with Gasteiger partial charge in [-0.2, -0.15) is 0 Å². The van der Waals surface area contributed by atoms with E-state index in [0.29, 0.717) is 19.7 Å². The molecular weight excluding hydrogens is 230 g/mol. The van der Waals surface area contributed by atoms with Crippen LogP contribution in [0.3, 0.4) is 0 Å². The third kappa shape index (κ3) is 2.94. The zero-order chi connectivity index (χ0) is 13.1. The minimum Gasteiger partial charge on any atom is -0.490 e. The van der Waals surface area contributed by atoms with Crippen molar-refractivity contribution in [3.63, 3.8) is 0 Å². The van der Waals surface area contributed by atoms with Gasteiger partial charge in [-0.3, -0.25) is 0 Å². The van der Waals surface area contributed by atoms with Crippen LogP contribution in [0.4, 0.5) is 4.79 Å². The number of rotatable bonds is 4. The van der Waals surface area contributed by atoms with E-state index in [1.54, 1.807) is 4.90 Å². The molecule has 4 nitrogen and oxygen atoms in total. The first-order valence-corrected chi connectivity index (χ1v) is 6.25. The zero-order valence-corrected chi connectivity index (χ0v) is 11.1. The summed E-state index contributed by atoms with van der Waals surface area (Å²) < 4.78 is 10.9. The van der Waals surface area contributed by atoms with Crippen molar-refractivity contribution in [1.82, 2.24) is 4.90 Å². The van der Waals surface area contributed by atoms with E-state index in [1.165, 1.54) is 11.1 Å². The Balaban J connectivity index is 1.90. The Kier molecular flexibility index (Phi) is 3.75. The minimum absolute atomic E-state index is 0.168. The summed E-state index contributed by atoms with van der Waals surface area (Å²) in [6.45, 7) is 7.71. The van der Waals surface area contributed by atoms with Crippen molar-refractivity contribution < 1.29 is 14.3 Å². The number of amides is 1. The van der Waals surface area contributed by atoms with Crippen LogP contribution in [0.5, 0.6) is 5.75 Å². The number of nitrogens with zero attached hydrogens (tertiary/aromatic N) is 1. The standard InChI is InChI=1S/C14H19NO3/c1-4-15-8-13(18-14(15)16)9-17-12-6-10(2)5-11(3)7-12/h5-7,13H,4,8-9H2,1-3H3/t13-/m1/s1. The molecule has 98 valence electrons. The lowest BCUT2D eigenvalue weighted by Gasteiger charge is -2.12. The van der Waals surface area contributed by atoms with Gasteiger partial charge in [-0.05, 0) is 44.0 Å². The molecule has 1 aliphatic heterocycles. The van der Waals surface area contributed by atoms with Crippen LogP contribution in [0.1, 0.15) is 18.1 Å². The first-order valence-electron chi connectivity index (χ1n) is 6.25. The Labute approximate surface area is 107 Å². The number of carbonyl (C=O) groups excluding carboxylic acids is 1. The number of carbonyl (C=O) groups is 1. The molecule has 4 heteroatoms. The minimum atomic E-state index is -0.244. The van der Waals surface area contributed by atoms with E-state index >= 15 is 0 Å². The largest absolute Gasteiger partial charge is 0.490 e. The first kappa shape index (κ1) is 12.7. The van der Waals surface area contributed by atoms with Gasteiger partial charge in [0.1, 0.15) is 12.4 Å². The normalized spacial score (nSPS) is 18.9. The molecule has 0 spiro atoms. The molecule has 1 aromatic carbocycles. The topological polar surface area (TPSA) is 38.8 Å². The molecule has 1 saturated heterocycles. The third-order valence-corrected chi connectivity index (χ3v) is 2.96. The number of likely N-dealkylation sites (N-methyl/N-ethyl adjacent to an activating group) is 1. The van der Waals surface area contributed by atoms with Gasteiger partial charge in [0, 0.05) is 6.54 Å². The number of aryl methyl sites for hydroxylation is 2. The summed E-state index contributed by atoms with van der Waals surface area (Å²) in [6.07, 6.45) is -0.412. The molecule has 2 rings (SSSR count). The fourth-order valence-electron chi connectivity index (χ4n) is 2.13. The molecule has 18 heavy (non-hydrogen) atoms. The average Bonchev–Trinajstić information content (AvgIpc) is 2.66. The van der Waals surface area contributed by atoms with Crippen LogP contribution in [-0.2, 0) is 4.74 Å². The van der Waals surface area contributed by atoms with Crippen LogP contribution in [0.15, 0.2) is 18.2 Å². The van der Waals surface area contributed by atoms with Gasteiger partial charge >= 0.3 is 6.09 Å². The summed E-state index contributed by atoms with van der Waals surface area (Å²) in [7, 11) is 0. The maximum Gasteiger partial charge on any atom is 0.410 e. The molecule has 0 aliphatic carbocycles. The SMILES string of the molecule is CCN1C[C@H](COc2cc(C)cc(C)c2)OC1=O. The monoisotopic (exact) mass is 249 g/mol. The summed E-state index contributed by atoms with van der Waals surface area (Å²) in [5.41, 5.74) is 2.34. The smallest absolute Gasteiger partial charge is 0.410 e. The molecule has 1 atom stereocenters. The van der Waals surface area contributed by atoms with Gasteiger partial charge in [-0.25, -0.2) is 4.79 Å². The van der Waals surface area contributed by atoms with Gasteiger partial charge in [0.25, 0.3) is 0 Å². The van der Waals surface area contributed by atoms with Crippen molar-refractivity contribution in [1.29, 1.82) is 0 Å². The Morgan fingerprint density at radius 3 is 2.56 bits per heavy atom. The van der Waals surface area contributed by atoms with E-state index in [2.05, 4.69) is 6.07 Å². The molecule has 1 heterocycles. The van der Waals surface area contributed by atoms with Gasteiger partial charge in [0.15, 0.2) is 6.10 Å². The van der Waals surface area contributed by atoms with E-state index < -0.39 is 0 Å². The van der Waals surface area contributed by atoms with Gasteiger partial charge < -0.3 is 14.4 Å². The van der Waals surface area contributed by atoms with E-state index in [1.807, 2.05) is 32.9 Å². The highest BCUT2D eigenvalue weighted by Gasteiger charge is 2.30. The predicted octanol–water partition coefficient (Wildman–Crippen LogP) is 2.52. The second kappa shape index (κ2) is 5.29. The van der Waals surface area contributed by atoms with E-state index in [4.69, 9.17) is 9.47 Å². The quantitative estimate of drug-likeness (QED) is 0.823. The number of hydrogen-bond donors (Lipinski definition) is 0. The van der Waals surface area contributed by atoms with Crippen LogP contribution in [0.25, 0.3) is 0 Å². The van der Waals surface area contributed by atoms with Crippen molar-refractivity contribution in [2.45, 2.75) is 26.9 Å². The highest BCUT2D eigenvalue weighted by Crippen LogP contribution is 2.18. The Hall–Kier alpha value is -1.71. The Morgan fingerprint density at radius 2 is 2.00 bits per heavy atom. The number of cyclic esters (lactones) is 1. The molecule has 0 radical (unpaired) electrons. The molecule has 1 fully saturated rings. The highest BCUT2D eigenvalue weighted by atomic mass is 16.6. The molecule has 0 saturated carbocycles. The second-order valence-electron chi connectivity index (χ2n) is 4.68. The molecule has 0 bridgehead atoms. The summed E-state index contributed by atoms with van der Waals surface area (Å²) in [6, 6.07) is 6.07. The van der Waals surface area contributed by atoms with Crippen molar-refractivity contribution in [3.05, 3.63) is 29.3 Å². The summed E-state index contributed by atoms with van der Waals surface area (Å²) >= 11 is 0. The average molecular weight is 249 g/mol. The fourth-order valence-corrected chi connectivity index (χ4v) is 2.13. The van der Waals surface area contributed by atoms with Crippen LogP contribution in [0, 0.1) is 13.8 Å². The second-order valence-corrected chi connectivity index (χ2v) is 4.68. The molecule has 0 N–H and O–H groups in total. The number of hydrogen-bond acceptors (Lipinski definition) is 3. The van der Waals surface area contributed by atoms with E-state index in [-0.39, 0.29) is 12.2 Å². The van der Waals surface area contributed by atoms with Gasteiger partial charge in [0.05, 0.1) is 6.54 Å². The molecule has 1 aliphatic rings. The number of ether oxygens (including phenoxy) is 2. The zero-order valence-electron chi connectivity index (χ0n) is 11.1. The molecule has 0 unspecified atom stereocenters. The maximum atomic E-state index is 11.4. The van der Waals surface area contributed by atoms with Crippen LogP contribution in [-0.4, -0.2) is 36.8 Å². The van der Waals surface area contributed by atoms with Crippen molar-refractivity contribution in [2.75, 3.05) is 19.7 Å². The Morgan fingerprint density at radius 1 is 1.33 bits per heavy atom. The van der Waals surface area contributed by atoms with E-state index in [0.717, 1.165) is 5.75 Å². The summed E-state index contributed by atoms with van der Waals surface area (Å²) in [5, 5.41) is 0. The highest BCUT2D eigenvalue weighted by molar-refractivity contribution is 5.69. The van der Waals surface area contributed by atoms with Crippen molar-refractivity contribution >= 4 is 6.09 Å². The lowest BCUT2D eigenvalue weighted by Crippen LogP contribution is -2.26. The first-order chi connectivity index (χ1) is 8.58. The molecule has 1 aromatic rings. The van der Waals surface area contributed by atoms with Crippen molar-refractivity contribution in [2.24, 2.45) is 0 Å². The van der Waals surface area contributed by atoms with Crippen LogP contribution >= 0.6 is 0 Å². The number of benzene rings is 1. The molecule has 1 amide bonds. The van der Waals surface area contributed by atoms with Crippen LogP contribution in [0.2, 0.25) is 0 Å². The molecular formula is C14H19NO3. The molecule has 0 aromatic heterocycles. The van der Waals surface area contributed by atoms with Crippen molar-refractivity contribution in [3.8, 4) is 5.75 Å². The lowest BCUT2D eigenvalue weighted by atomic mass is 10.1. The summed E-state index contributed by atoms with van der Waals surface area (Å²) in [4.78, 5) is 13.1. The maximum absolute atomic E-state index is 11.4. The lowest BCUT2D eigenvalue weighted by molar-refractivity contribution is 0.103. The van der Waals surface area contributed by atoms with E-state index in [9.17, 15) is 4.79 Å². The third-order valence-electron chi connectivity index (χ3n) is 2.96. The Bertz CT molecular complexity index is 424.